The first-order chi connectivity index (χ1) is 12.3. The van der Waals surface area contributed by atoms with Crippen LogP contribution in [0.3, 0.4) is 0 Å². The van der Waals surface area contributed by atoms with Crippen LogP contribution in [0, 0.1) is 0 Å². The first-order valence-electron chi connectivity index (χ1n) is 8.71. The summed E-state index contributed by atoms with van der Waals surface area (Å²) < 4.78 is 7.80. The molecular formula is C19H23N5O. The lowest BCUT2D eigenvalue weighted by molar-refractivity contribution is 0.244. The molecule has 3 heterocycles. The molecule has 0 amide bonds. The molecule has 2 aromatic heterocycles. The van der Waals surface area contributed by atoms with Crippen molar-refractivity contribution in [2.75, 3.05) is 6.54 Å². The molecule has 3 aromatic rings. The minimum Gasteiger partial charge on any atom is -0.486 e. The zero-order valence-electron chi connectivity index (χ0n) is 14.4. The number of likely N-dealkylation sites (tertiary alicyclic amines) is 1. The molecule has 6 nitrogen and oxygen atoms in total. The number of benzene rings is 1. The van der Waals surface area contributed by atoms with Gasteiger partial charge < -0.3 is 9.30 Å². The van der Waals surface area contributed by atoms with E-state index in [2.05, 4.69) is 38.3 Å². The number of hydrogen-bond donors (Lipinski definition) is 1. The standard InChI is InChI=1S/C19H23N5O/c1-23-12-10-20-19(23)14-25-16-6-4-15(5-7-16)13-24-11-2-3-18(24)17-8-9-21-22-17/h4-10,12,18H,2-3,11,13-14H2,1H3,(H,21,22). The van der Waals surface area contributed by atoms with E-state index in [1.54, 1.807) is 6.20 Å². The van der Waals surface area contributed by atoms with E-state index < -0.39 is 0 Å². The smallest absolute Gasteiger partial charge is 0.146 e. The molecule has 0 aliphatic carbocycles. The average Bonchev–Trinajstić information content (AvgIpc) is 3.36. The van der Waals surface area contributed by atoms with Gasteiger partial charge in [-0.05, 0) is 43.1 Å². The summed E-state index contributed by atoms with van der Waals surface area (Å²) in [5.74, 6) is 1.79. The molecule has 6 heteroatoms. The Bertz CT molecular complexity index is 794. The van der Waals surface area contributed by atoms with Crippen LogP contribution in [0.5, 0.6) is 5.75 Å². The van der Waals surface area contributed by atoms with E-state index in [4.69, 9.17) is 4.74 Å². The van der Waals surface area contributed by atoms with E-state index in [0.29, 0.717) is 12.6 Å². The lowest BCUT2D eigenvalue weighted by Crippen LogP contribution is -2.23. The molecule has 1 atom stereocenters. The quantitative estimate of drug-likeness (QED) is 0.751. The Balaban J connectivity index is 1.36. The number of aromatic amines is 1. The maximum atomic E-state index is 5.83. The van der Waals surface area contributed by atoms with Gasteiger partial charge in [0.15, 0.2) is 0 Å². The van der Waals surface area contributed by atoms with Crippen molar-refractivity contribution in [1.82, 2.24) is 24.6 Å². The first kappa shape index (κ1) is 15.9. The summed E-state index contributed by atoms with van der Waals surface area (Å²) in [4.78, 5) is 6.78. The topological polar surface area (TPSA) is 59.0 Å². The summed E-state index contributed by atoms with van der Waals surface area (Å²) in [6, 6.07) is 10.9. The number of aryl methyl sites for hydroxylation is 1. The summed E-state index contributed by atoms with van der Waals surface area (Å²) in [6.07, 6.45) is 7.96. The van der Waals surface area contributed by atoms with Gasteiger partial charge in [0.25, 0.3) is 0 Å². The molecule has 0 radical (unpaired) electrons. The highest BCUT2D eigenvalue weighted by molar-refractivity contribution is 5.27. The highest BCUT2D eigenvalue weighted by Crippen LogP contribution is 2.32. The van der Waals surface area contributed by atoms with Gasteiger partial charge in [-0.1, -0.05) is 12.1 Å². The third-order valence-corrected chi connectivity index (χ3v) is 4.84. The maximum absolute atomic E-state index is 5.83. The molecule has 0 bridgehead atoms. The summed E-state index contributed by atoms with van der Waals surface area (Å²) in [7, 11) is 1.97. The molecular weight excluding hydrogens is 314 g/mol. The Morgan fingerprint density at radius 2 is 2.08 bits per heavy atom. The first-order valence-corrected chi connectivity index (χ1v) is 8.71. The minimum absolute atomic E-state index is 0.446. The molecule has 130 valence electrons. The third kappa shape index (κ3) is 3.58. The SMILES string of the molecule is Cn1ccnc1COc1ccc(CN2CCCC2c2ccn[nH]2)cc1. The Hall–Kier alpha value is -2.60. The molecule has 1 aromatic carbocycles. The van der Waals surface area contributed by atoms with Crippen molar-refractivity contribution in [2.24, 2.45) is 7.05 Å². The van der Waals surface area contributed by atoms with Gasteiger partial charge >= 0.3 is 0 Å². The molecule has 25 heavy (non-hydrogen) atoms. The zero-order chi connectivity index (χ0) is 17.1. The Labute approximate surface area is 147 Å². The van der Waals surface area contributed by atoms with Crippen LogP contribution in [0.1, 0.15) is 36.0 Å². The number of H-pyrrole nitrogens is 1. The predicted octanol–water partition coefficient (Wildman–Crippen LogP) is 3.06. The number of ether oxygens (including phenoxy) is 1. The Morgan fingerprint density at radius 3 is 2.80 bits per heavy atom. The summed E-state index contributed by atoms with van der Waals surface area (Å²) in [5, 5.41) is 7.21. The second kappa shape index (κ2) is 7.11. The fourth-order valence-corrected chi connectivity index (χ4v) is 3.43. The van der Waals surface area contributed by atoms with E-state index in [-0.39, 0.29) is 0 Å². The molecule has 4 rings (SSSR count). The van der Waals surface area contributed by atoms with E-state index in [0.717, 1.165) is 24.7 Å². The van der Waals surface area contributed by atoms with Gasteiger partial charge in [0, 0.05) is 32.2 Å². The van der Waals surface area contributed by atoms with Crippen molar-refractivity contribution in [1.29, 1.82) is 0 Å². The molecule has 0 saturated carbocycles. The van der Waals surface area contributed by atoms with Crippen molar-refractivity contribution in [3.8, 4) is 5.75 Å². The highest BCUT2D eigenvalue weighted by Gasteiger charge is 2.26. The van der Waals surface area contributed by atoms with Crippen LogP contribution in [-0.4, -0.2) is 31.2 Å². The minimum atomic E-state index is 0.446. The van der Waals surface area contributed by atoms with Crippen molar-refractivity contribution >= 4 is 0 Å². The monoisotopic (exact) mass is 337 g/mol. The van der Waals surface area contributed by atoms with Crippen LogP contribution in [0.15, 0.2) is 48.9 Å². The molecule has 1 aliphatic rings. The van der Waals surface area contributed by atoms with Crippen molar-refractivity contribution in [3.63, 3.8) is 0 Å². The van der Waals surface area contributed by atoms with E-state index in [9.17, 15) is 0 Å². The van der Waals surface area contributed by atoms with Crippen molar-refractivity contribution < 1.29 is 4.74 Å². The number of aromatic nitrogens is 4. The summed E-state index contributed by atoms with van der Waals surface area (Å²) in [6.45, 7) is 2.56. The third-order valence-electron chi connectivity index (χ3n) is 4.84. The summed E-state index contributed by atoms with van der Waals surface area (Å²) >= 11 is 0. The van der Waals surface area contributed by atoms with Crippen LogP contribution in [0.2, 0.25) is 0 Å². The van der Waals surface area contributed by atoms with Gasteiger partial charge in [0.1, 0.15) is 18.2 Å². The molecule has 1 N–H and O–H groups in total. The lowest BCUT2D eigenvalue weighted by Gasteiger charge is -2.23. The number of imidazole rings is 1. The Morgan fingerprint density at radius 1 is 1.20 bits per heavy atom. The van der Waals surface area contributed by atoms with E-state index in [1.807, 2.05) is 36.1 Å². The van der Waals surface area contributed by atoms with Crippen molar-refractivity contribution in [2.45, 2.75) is 32.0 Å². The maximum Gasteiger partial charge on any atom is 0.146 e. The van der Waals surface area contributed by atoms with Crippen LogP contribution in [-0.2, 0) is 20.2 Å². The number of rotatable bonds is 6. The Kier molecular flexibility index (Phi) is 4.52. The second-order valence-electron chi connectivity index (χ2n) is 6.53. The number of nitrogens with zero attached hydrogens (tertiary/aromatic N) is 4. The van der Waals surface area contributed by atoms with Crippen LogP contribution in [0.4, 0.5) is 0 Å². The van der Waals surface area contributed by atoms with E-state index in [1.165, 1.54) is 24.1 Å². The zero-order valence-corrected chi connectivity index (χ0v) is 14.4. The van der Waals surface area contributed by atoms with Gasteiger partial charge in [0.2, 0.25) is 0 Å². The molecule has 1 aliphatic heterocycles. The van der Waals surface area contributed by atoms with Gasteiger partial charge in [-0.2, -0.15) is 5.10 Å². The second-order valence-corrected chi connectivity index (χ2v) is 6.53. The fraction of sp³-hybridized carbons (Fsp3) is 0.368. The molecule has 0 spiro atoms. The predicted molar refractivity (Wildman–Crippen MR) is 95.0 cm³/mol. The normalized spacial score (nSPS) is 17.9. The fourth-order valence-electron chi connectivity index (χ4n) is 3.43. The van der Waals surface area contributed by atoms with Gasteiger partial charge in [-0.3, -0.25) is 10.00 Å². The molecule has 1 unspecified atom stereocenters. The number of nitrogens with one attached hydrogen (secondary N) is 1. The molecule has 1 saturated heterocycles. The van der Waals surface area contributed by atoms with Crippen LogP contribution in [0.25, 0.3) is 0 Å². The van der Waals surface area contributed by atoms with Gasteiger partial charge in [0.05, 0.1) is 11.7 Å². The van der Waals surface area contributed by atoms with Gasteiger partial charge in [-0.25, -0.2) is 4.98 Å². The summed E-state index contributed by atoms with van der Waals surface area (Å²) in [5.41, 5.74) is 2.52. The van der Waals surface area contributed by atoms with Crippen LogP contribution < -0.4 is 4.74 Å². The van der Waals surface area contributed by atoms with E-state index >= 15 is 0 Å². The number of hydrogen-bond acceptors (Lipinski definition) is 4. The van der Waals surface area contributed by atoms with Gasteiger partial charge in [-0.15, -0.1) is 0 Å². The van der Waals surface area contributed by atoms with Crippen molar-refractivity contribution in [3.05, 3.63) is 66.0 Å². The molecule has 1 fully saturated rings. The van der Waals surface area contributed by atoms with Crippen LogP contribution >= 0.6 is 0 Å². The largest absolute Gasteiger partial charge is 0.486 e. The highest BCUT2D eigenvalue weighted by atomic mass is 16.5. The average molecular weight is 337 g/mol. The lowest BCUT2D eigenvalue weighted by atomic mass is 10.1.